The quantitative estimate of drug-likeness (QED) is 0.599. The molecule has 0 radical (unpaired) electrons. The number of carbonyl (C=O) groups excluding carboxylic acids is 3. The Hall–Kier alpha value is -4.00. The van der Waals surface area contributed by atoms with Gasteiger partial charge in [-0.1, -0.05) is 24.3 Å². The highest BCUT2D eigenvalue weighted by atomic mass is 16.5. The Balaban J connectivity index is 1.33. The zero-order chi connectivity index (χ0) is 21.6. The summed E-state index contributed by atoms with van der Waals surface area (Å²) < 4.78 is 5.73. The van der Waals surface area contributed by atoms with Gasteiger partial charge in [0.05, 0.1) is 5.69 Å². The van der Waals surface area contributed by atoms with E-state index in [1.807, 2.05) is 36.4 Å². The Morgan fingerprint density at radius 1 is 0.968 bits per heavy atom. The molecule has 156 valence electrons. The van der Waals surface area contributed by atoms with Gasteiger partial charge in [-0.2, -0.15) is 0 Å². The maximum atomic E-state index is 12.5. The van der Waals surface area contributed by atoms with Crippen LogP contribution in [0.3, 0.4) is 0 Å². The first-order valence-corrected chi connectivity index (χ1v) is 9.95. The summed E-state index contributed by atoms with van der Waals surface area (Å²) in [5, 5.41) is 2.86. The van der Waals surface area contributed by atoms with E-state index in [-0.39, 0.29) is 30.6 Å². The Morgan fingerprint density at radius 2 is 1.74 bits per heavy atom. The Morgan fingerprint density at radius 3 is 2.45 bits per heavy atom. The number of carbonyl (C=O) groups is 3. The molecular formula is C24H21N3O4. The van der Waals surface area contributed by atoms with E-state index in [9.17, 15) is 14.4 Å². The lowest BCUT2D eigenvalue weighted by molar-refractivity contribution is -0.121. The predicted molar refractivity (Wildman–Crippen MR) is 114 cm³/mol. The fourth-order valence-electron chi connectivity index (χ4n) is 3.29. The molecule has 7 nitrogen and oxygen atoms in total. The normalized spacial score (nSPS) is 13.4. The van der Waals surface area contributed by atoms with Gasteiger partial charge in [0, 0.05) is 42.9 Å². The van der Waals surface area contributed by atoms with Gasteiger partial charge < -0.3 is 10.1 Å². The summed E-state index contributed by atoms with van der Waals surface area (Å²) in [5.74, 6) is -0.0359. The van der Waals surface area contributed by atoms with E-state index in [0.29, 0.717) is 24.4 Å². The van der Waals surface area contributed by atoms with Crippen LogP contribution in [0.5, 0.6) is 5.75 Å². The average Bonchev–Trinajstić information content (AvgIpc) is 3.15. The predicted octanol–water partition coefficient (Wildman–Crippen LogP) is 3.24. The Kier molecular flexibility index (Phi) is 6.03. The number of hydrogen-bond acceptors (Lipinski definition) is 5. The molecule has 1 N–H and O–H groups in total. The van der Waals surface area contributed by atoms with Gasteiger partial charge >= 0.3 is 0 Å². The van der Waals surface area contributed by atoms with Crippen LogP contribution in [0.1, 0.15) is 34.3 Å². The highest BCUT2D eigenvalue weighted by Gasteiger charge is 2.30. The fraction of sp³-hybridized carbons (Fsp3) is 0.167. The molecule has 0 bridgehead atoms. The van der Waals surface area contributed by atoms with Crippen LogP contribution >= 0.6 is 0 Å². The second-order valence-corrected chi connectivity index (χ2v) is 7.15. The lowest BCUT2D eigenvalue weighted by Gasteiger charge is -2.15. The Bertz CT molecular complexity index is 1080. The van der Waals surface area contributed by atoms with Crippen molar-refractivity contribution in [2.45, 2.75) is 26.0 Å². The third kappa shape index (κ3) is 4.95. The number of aromatic nitrogens is 1. The number of anilines is 1. The molecule has 0 spiro atoms. The first-order valence-electron chi connectivity index (χ1n) is 9.95. The van der Waals surface area contributed by atoms with Crippen molar-refractivity contribution in [2.24, 2.45) is 0 Å². The molecule has 1 fully saturated rings. The molecule has 2 aromatic carbocycles. The van der Waals surface area contributed by atoms with Crippen molar-refractivity contribution < 1.29 is 19.1 Å². The molecule has 0 aliphatic carbocycles. The van der Waals surface area contributed by atoms with Crippen molar-refractivity contribution in [3.8, 4) is 5.75 Å². The summed E-state index contributed by atoms with van der Waals surface area (Å²) in [6, 6.07) is 17.8. The lowest BCUT2D eigenvalue weighted by Crippen LogP contribution is -2.29. The van der Waals surface area contributed by atoms with Crippen molar-refractivity contribution in [1.29, 1.82) is 0 Å². The van der Waals surface area contributed by atoms with Crippen LogP contribution < -0.4 is 15.0 Å². The number of pyridine rings is 1. The molecule has 3 amide bonds. The van der Waals surface area contributed by atoms with Gasteiger partial charge in [0.1, 0.15) is 12.4 Å². The number of imide groups is 1. The van der Waals surface area contributed by atoms with Crippen LogP contribution in [-0.2, 0) is 22.7 Å². The number of nitrogens with zero attached hydrogens (tertiary/aromatic N) is 2. The smallest absolute Gasteiger partial charge is 0.251 e. The molecule has 3 aromatic rings. The maximum absolute atomic E-state index is 12.5. The van der Waals surface area contributed by atoms with Crippen molar-refractivity contribution in [3.05, 3.63) is 89.7 Å². The van der Waals surface area contributed by atoms with Crippen molar-refractivity contribution in [1.82, 2.24) is 10.3 Å². The van der Waals surface area contributed by atoms with E-state index in [1.165, 1.54) is 0 Å². The zero-order valence-electron chi connectivity index (χ0n) is 16.8. The van der Waals surface area contributed by atoms with Crippen LogP contribution in [-0.4, -0.2) is 22.7 Å². The monoisotopic (exact) mass is 415 g/mol. The fourth-order valence-corrected chi connectivity index (χ4v) is 3.29. The molecule has 1 aliphatic rings. The van der Waals surface area contributed by atoms with Gasteiger partial charge in [0.25, 0.3) is 5.91 Å². The van der Waals surface area contributed by atoms with Gasteiger partial charge in [-0.15, -0.1) is 0 Å². The lowest BCUT2D eigenvalue weighted by atomic mass is 10.1. The highest BCUT2D eigenvalue weighted by Crippen LogP contribution is 2.23. The van der Waals surface area contributed by atoms with E-state index < -0.39 is 0 Å². The topological polar surface area (TPSA) is 88.6 Å². The van der Waals surface area contributed by atoms with E-state index in [2.05, 4.69) is 10.3 Å². The van der Waals surface area contributed by atoms with Crippen LogP contribution in [0.25, 0.3) is 0 Å². The number of nitrogens with one attached hydrogen (secondary N) is 1. The molecular weight excluding hydrogens is 394 g/mol. The van der Waals surface area contributed by atoms with Crippen molar-refractivity contribution >= 4 is 23.4 Å². The van der Waals surface area contributed by atoms with Crippen LogP contribution in [0.2, 0.25) is 0 Å². The van der Waals surface area contributed by atoms with Crippen LogP contribution in [0.4, 0.5) is 5.69 Å². The number of ether oxygens (including phenoxy) is 1. The summed E-state index contributed by atoms with van der Waals surface area (Å²) in [6.45, 7) is 0.774. The summed E-state index contributed by atoms with van der Waals surface area (Å²) in [6.07, 6.45) is 3.89. The second kappa shape index (κ2) is 9.21. The summed E-state index contributed by atoms with van der Waals surface area (Å²) >= 11 is 0. The molecule has 0 saturated carbocycles. The minimum absolute atomic E-state index is 0.206. The Labute approximate surface area is 179 Å². The summed E-state index contributed by atoms with van der Waals surface area (Å²) in [7, 11) is 0. The number of benzene rings is 2. The van der Waals surface area contributed by atoms with Crippen molar-refractivity contribution in [3.63, 3.8) is 0 Å². The first-order chi connectivity index (χ1) is 15.1. The molecule has 1 aliphatic heterocycles. The molecule has 7 heteroatoms. The van der Waals surface area contributed by atoms with Crippen LogP contribution in [0.15, 0.2) is 73.1 Å². The molecule has 2 heterocycles. The number of amides is 3. The minimum atomic E-state index is -0.280. The van der Waals surface area contributed by atoms with Gasteiger partial charge in [-0.25, -0.2) is 0 Å². The van der Waals surface area contributed by atoms with Gasteiger partial charge in [-0.3, -0.25) is 24.3 Å². The third-order valence-corrected chi connectivity index (χ3v) is 4.92. The largest absolute Gasteiger partial charge is 0.489 e. The third-order valence-electron chi connectivity index (χ3n) is 4.92. The molecule has 4 rings (SSSR count). The molecule has 0 unspecified atom stereocenters. The van der Waals surface area contributed by atoms with Crippen LogP contribution in [0, 0.1) is 0 Å². The SMILES string of the molecule is O=C(NCc1ccc(OCc2cccnc2)cc1)c1cccc(N2C(=O)CCC2=O)c1. The number of hydrogen-bond donors (Lipinski definition) is 1. The maximum Gasteiger partial charge on any atom is 0.251 e. The zero-order valence-corrected chi connectivity index (χ0v) is 16.8. The second-order valence-electron chi connectivity index (χ2n) is 7.15. The van der Waals surface area contributed by atoms with Gasteiger partial charge in [-0.05, 0) is 42.0 Å². The summed E-state index contributed by atoms with van der Waals surface area (Å²) in [4.78, 5) is 41.6. The first kappa shape index (κ1) is 20.3. The molecule has 1 saturated heterocycles. The standard InChI is InChI=1S/C24H21N3O4/c28-22-10-11-23(29)27(22)20-5-1-4-19(13-20)24(30)26-15-17-6-8-21(9-7-17)31-16-18-3-2-12-25-14-18/h1-9,12-14H,10-11,15-16H2,(H,26,30). The number of rotatable bonds is 7. The van der Waals surface area contributed by atoms with E-state index in [1.54, 1.807) is 36.7 Å². The molecule has 0 atom stereocenters. The molecule has 31 heavy (non-hydrogen) atoms. The minimum Gasteiger partial charge on any atom is -0.489 e. The van der Waals surface area contributed by atoms with E-state index in [0.717, 1.165) is 21.8 Å². The van der Waals surface area contributed by atoms with E-state index in [4.69, 9.17) is 4.74 Å². The van der Waals surface area contributed by atoms with Gasteiger partial charge in [0.15, 0.2) is 0 Å². The average molecular weight is 415 g/mol. The highest BCUT2D eigenvalue weighted by molar-refractivity contribution is 6.20. The van der Waals surface area contributed by atoms with E-state index >= 15 is 0 Å². The summed E-state index contributed by atoms with van der Waals surface area (Å²) in [5.41, 5.74) is 2.72. The van der Waals surface area contributed by atoms with Crippen molar-refractivity contribution in [2.75, 3.05) is 4.90 Å². The molecule has 1 aromatic heterocycles. The van der Waals surface area contributed by atoms with Gasteiger partial charge in [0.2, 0.25) is 11.8 Å².